The zero-order chi connectivity index (χ0) is 21.1. The summed E-state index contributed by atoms with van der Waals surface area (Å²) in [6.07, 6.45) is 5.15. The molecule has 0 fully saturated rings. The lowest BCUT2D eigenvalue weighted by Crippen LogP contribution is -2.28. The van der Waals surface area contributed by atoms with Gasteiger partial charge in [-0.05, 0) is 44.0 Å². The van der Waals surface area contributed by atoms with Crippen molar-refractivity contribution in [1.29, 1.82) is 0 Å². The van der Waals surface area contributed by atoms with Crippen LogP contribution in [-0.2, 0) is 13.0 Å². The molecule has 1 aliphatic heterocycles. The van der Waals surface area contributed by atoms with E-state index in [2.05, 4.69) is 5.32 Å². The molecule has 0 radical (unpaired) electrons. The van der Waals surface area contributed by atoms with Crippen LogP contribution in [0.25, 0.3) is 10.9 Å². The van der Waals surface area contributed by atoms with Crippen molar-refractivity contribution in [2.24, 2.45) is 0 Å². The van der Waals surface area contributed by atoms with Crippen LogP contribution in [0.5, 0.6) is 5.75 Å². The normalized spacial score (nSPS) is 15.0. The second-order valence-corrected chi connectivity index (χ2v) is 7.82. The number of amides is 1. The highest BCUT2D eigenvalue weighted by Gasteiger charge is 2.17. The van der Waals surface area contributed by atoms with Crippen molar-refractivity contribution in [2.45, 2.75) is 51.6 Å². The number of para-hydroxylation sites is 1. The molecule has 1 amide bonds. The van der Waals surface area contributed by atoms with Crippen molar-refractivity contribution in [1.82, 2.24) is 14.9 Å². The number of carbonyl (C=O) groups excluding carboxylic acids is 1. The molecule has 0 saturated carbocycles. The molecule has 6 heteroatoms. The molecule has 0 unspecified atom stereocenters. The number of nitrogens with zero attached hydrogens (tertiary/aromatic N) is 2. The molecule has 6 nitrogen and oxygen atoms in total. The van der Waals surface area contributed by atoms with Gasteiger partial charge < -0.3 is 10.1 Å². The topological polar surface area (TPSA) is 73.2 Å². The second-order valence-electron chi connectivity index (χ2n) is 7.82. The van der Waals surface area contributed by atoms with E-state index in [9.17, 15) is 9.59 Å². The smallest absolute Gasteiger partial charge is 0.261 e. The van der Waals surface area contributed by atoms with Gasteiger partial charge in [-0.2, -0.15) is 0 Å². The Morgan fingerprint density at radius 2 is 1.93 bits per heavy atom. The molecular formula is C24H27N3O3. The predicted octanol–water partition coefficient (Wildman–Crippen LogP) is 4.01. The van der Waals surface area contributed by atoms with Gasteiger partial charge in [-0.15, -0.1) is 0 Å². The Bertz CT molecular complexity index is 1140. The largest absolute Gasteiger partial charge is 0.496 e. The number of ether oxygens (including phenoxy) is 1. The minimum Gasteiger partial charge on any atom is -0.496 e. The van der Waals surface area contributed by atoms with Gasteiger partial charge in [0, 0.05) is 24.1 Å². The molecular weight excluding hydrogens is 378 g/mol. The lowest BCUT2D eigenvalue weighted by Gasteiger charge is -2.18. The molecule has 0 spiro atoms. The van der Waals surface area contributed by atoms with Gasteiger partial charge in [0.25, 0.3) is 11.5 Å². The maximum absolute atomic E-state index is 13.0. The van der Waals surface area contributed by atoms with Gasteiger partial charge in [0.15, 0.2) is 0 Å². The van der Waals surface area contributed by atoms with Crippen LogP contribution in [0.3, 0.4) is 0 Å². The minimum absolute atomic E-state index is 0.00810. The highest BCUT2D eigenvalue weighted by Crippen LogP contribution is 2.25. The first-order valence-electron chi connectivity index (χ1n) is 10.6. The van der Waals surface area contributed by atoms with E-state index >= 15 is 0 Å². The fourth-order valence-electron chi connectivity index (χ4n) is 4.12. The zero-order valence-corrected chi connectivity index (χ0v) is 17.5. The van der Waals surface area contributed by atoms with Gasteiger partial charge in [-0.1, -0.05) is 31.0 Å². The Kier molecular flexibility index (Phi) is 5.84. The number of carbonyl (C=O) groups is 1. The van der Waals surface area contributed by atoms with Gasteiger partial charge in [-0.3, -0.25) is 14.2 Å². The summed E-state index contributed by atoms with van der Waals surface area (Å²) in [6, 6.07) is 12.5. The molecule has 0 bridgehead atoms. The van der Waals surface area contributed by atoms with Gasteiger partial charge in [-0.25, -0.2) is 4.98 Å². The van der Waals surface area contributed by atoms with Crippen molar-refractivity contribution in [3.8, 4) is 5.75 Å². The van der Waals surface area contributed by atoms with E-state index < -0.39 is 0 Å². The van der Waals surface area contributed by atoms with E-state index in [0.717, 1.165) is 55.8 Å². The summed E-state index contributed by atoms with van der Waals surface area (Å²) in [5.74, 6) is 1.35. The molecule has 4 rings (SSSR count). The summed E-state index contributed by atoms with van der Waals surface area (Å²) in [7, 11) is 1.62. The van der Waals surface area contributed by atoms with Crippen LogP contribution in [-0.4, -0.2) is 22.6 Å². The van der Waals surface area contributed by atoms with E-state index in [1.165, 1.54) is 0 Å². The fraction of sp³-hybridized carbons (Fsp3) is 0.375. The number of hydrogen-bond donors (Lipinski definition) is 1. The zero-order valence-electron chi connectivity index (χ0n) is 17.5. The van der Waals surface area contributed by atoms with Crippen LogP contribution in [0, 0.1) is 0 Å². The Balaban J connectivity index is 1.63. The summed E-state index contributed by atoms with van der Waals surface area (Å²) in [4.78, 5) is 30.6. The first kappa shape index (κ1) is 20.1. The van der Waals surface area contributed by atoms with Crippen molar-refractivity contribution in [2.75, 3.05) is 7.11 Å². The summed E-state index contributed by atoms with van der Waals surface area (Å²) in [5.41, 5.74) is 1.98. The number of aromatic nitrogens is 2. The molecule has 30 heavy (non-hydrogen) atoms. The van der Waals surface area contributed by atoms with Crippen LogP contribution in [0.15, 0.2) is 47.3 Å². The van der Waals surface area contributed by atoms with Crippen LogP contribution in [0.1, 0.15) is 60.4 Å². The third kappa shape index (κ3) is 3.95. The van der Waals surface area contributed by atoms with E-state index in [0.29, 0.717) is 16.5 Å². The van der Waals surface area contributed by atoms with Gasteiger partial charge in [0.05, 0.1) is 24.1 Å². The quantitative estimate of drug-likeness (QED) is 0.712. The number of rotatable bonds is 4. The first-order chi connectivity index (χ1) is 14.6. The number of hydrogen-bond acceptors (Lipinski definition) is 4. The predicted molar refractivity (Wildman–Crippen MR) is 117 cm³/mol. The molecule has 0 saturated heterocycles. The monoisotopic (exact) mass is 405 g/mol. The molecule has 3 aromatic rings. The molecule has 1 N–H and O–H groups in total. The van der Waals surface area contributed by atoms with Crippen LogP contribution in [0.4, 0.5) is 0 Å². The Hall–Kier alpha value is -3.15. The third-order valence-corrected chi connectivity index (χ3v) is 5.78. The lowest BCUT2D eigenvalue weighted by atomic mass is 10.1. The number of benzene rings is 2. The van der Waals surface area contributed by atoms with Gasteiger partial charge in [0.2, 0.25) is 0 Å². The fourth-order valence-corrected chi connectivity index (χ4v) is 4.12. The van der Waals surface area contributed by atoms with Crippen LogP contribution < -0.4 is 15.6 Å². The molecule has 156 valence electrons. The molecule has 1 aromatic heterocycles. The third-order valence-electron chi connectivity index (χ3n) is 5.78. The summed E-state index contributed by atoms with van der Waals surface area (Å²) in [6.45, 7) is 2.64. The summed E-state index contributed by atoms with van der Waals surface area (Å²) >= 11 is 0. The summed E-state index contributed by atoms with van der Waals surface area (Å²) in [5, 5.41) is 3.58. The second kappa shape index (κ2) is 8.69. The number of nitrogens with one attached hydrogen (secondary N) is 1. The Labute approximate surface area is 175 Å². The van der Waals surface area contributed by atoms with E-state index in [-0.39, 0.29) is 17.5 Å². The van der Waals surface area contributed by atoms with Gasteiger partial charge in [0.1, 0.15) is 11.6 Å². The van der Waals surface area contributed by atoms with Crippen molar-refractivity contribution in [3.05, 3.63) is 69.8 Å². The Morgan fingerprint density at radius 3 is 2.77 bits per heavy atom. The molecule has 1 atom stereocenters. The highest BCUT2D eigenvalue weighted by atomic mass is 16.5. The molecule has 2 heterocycles. The highest BCUT2D eigenvalue weighted by molar-refractivity contribution is 5.97. The molecule has 2 aromatic carbocycles. The molecule has 1 aliphatic rings. The maximum atomic E-state index is 13.0. The number of aryl methyl sites for hydroxylation is 1. The first-order valence-corrected chi connectivity index (χ1v) is 10.6. The van der Waals surface area contributed by atoms with Crippen LogP contribution >= 0.6 is 0 Å². The van der Waals surface area contributed by atoms with E-state index in [4.69, 9.17) is 9.72 Å². The lowest BCUT2D eigenvalue weighted by molar-refractivity contribution is 0.0939. The van der Waals surface area contributed by atoms with Crippen molar-refractivity contribution < 1.29 is 9.53 Å². The van der Waals surface area contributed by atoms with Crippen LogP contribution in [0.2, 0.25) is 0 Å². The van der Waals surface area contributed by atoms with E-state index in [1.54, 1.807) is 25.3 Å². The average Bonchev–Trinajstić information content (AvgIpc) is 2.74. The van der Waals surface area contributed by atoms with Crippen molar-refractivity contribution >= 4 is 16.8 Å². The standard InChI is InChI=1S/C24H27N3O3/c1-16(18-9-6-7-10-21(18)30-2)25-23(28)17-12-13-19-20(15-17)26-22-11-5-3-4-8-14-27(22)24(19)29/h6-7,9-10,12-13,15-16H,3-5,8,11,14H2,1-2H3,(H,25,28)/t16-/m1/s1. The molecule has 0 aliphatic carbocycles. The number of methoxy groups -OCH3 is 1. The maximum Gasteiger partial charge on any atom is 0.261 e. The van der Waals surface area contributed by atoms with Crippen molar-refractivity contribution in [3.63, 3.8) is 0 Å². The minimum atomic E-state index is -0.223. The number of fused-ring (bicyclic) bond motifs is 2. The summed E-state index contributed by atoms with van der Waals surface area (Å²) < 4.78 is 7.21. The van der Waals surface area contributed by atoms with E-state index in [1.807, 2.05) is 35.8 Å². The van der Waals surface area contributed by atoms with Gasteiger partial charge >= 0.3 is 0 Å². The average molecular weight is 405 g/mol. The SMILES string of the molecule is COc1ccccc1[C@@H](C)NC(=O)c1ccc2c(=O)n3c(nc2c1)CCCCCC3. The Morgan fingerprint density at radius 1 is 1.13 bits per heavy atom.